The van der Waals surface area contributed by atoms with Crippen molar-refractivity contribution < 1.29 is 23.2 Å². The lowest BCUT2D eigenvalue weighted by Gasteiger charge is -2.32. The standard InChI is InChI=1S/C22H31N3O5S/c1-14(2)10-11-25(21(15(3)4)22(27)24-28)31(29,30)20-9-7-17-12-19(23-16(5)26)8-6-18(17)13-20/h6-9,12-15,21,28H,10-11H2,1-5H3,(H,23,26)(H,24,27). The van der Waals surface area contributed by atoms with E-state index in [0.29, 0.717) is 17.5 Å². The molecule has 2 rings (SSSR count). The van der Waals surface area contributed by atoms with Crippen LogP contribution in [0.3, 0.4) is 0 Å². The number of hydroxylamine groups is 1. The summed E-state index contributed by atoms with van der Waals surface area (Å²) >= 11 is 0. The maximum absolute atomic E-state index is 13.6. The Hall–Kier alpha value is -2.49. The van der Waals surface area contributed by atoms with Gasteiger partial charge in [-0.2, -0.15) is 4.31 Å². The first-order valence-electron chi connectivity index (χ1n) is 10.2. The minimum Gasteiger partial charge on any atom is -0.326 e. The maximum Gasteiger partial charge on any atom is 0.262 e. The number of rotatable bonds is 9. The molecular formula is C22H31N3O5S. The highest BCUT2D eigenvalue weighted by atomic mass is 32.2. The third-order valence-corrected chi connectivity index (χ3v) is 6.86. The van der Waals surface area contributed by atoms with E-state index in [1.54, 1.807) is 49.7 Å². The summed E-state index contributed by atoms with van der Waals surface area (Å²) in [6.07, 6.45) is 0.564. The summed E-state index contributed by atoms with van der Waals surface area (Å²) in [5.74, 6) is -1.08. The molecule has 0 spiro atoms. The van der Waals surface area contributed by atoms with Gasteiger partial charge in [0, 0.05) is 19.2 Å². The Morgan fingerprint density at radius 1 is 1.03 bits per heavy atom. The fourth-order valence-electron chi connectivity index (χ4n) is 3.43. The molecule has 0 saturated heterocycles. The molecule has 170 valence electrons. The van der Waals surface area contributed by atoms with Crippen molar-refractivity contribution in [1.82, 2.24) is 9.79 Å². The molecule has 8 nitrogen and oxygen atoms in total. The lowest BCUT2D eigenvalue weighted by molar-refractivity contribution is -0.134. The van der Waals surface area contributed by atoms with E-state index in [2.05, 4.69) is 5.32 Å². The molecule has 31 heavy (non-hydrogen) atoms. The van der Waals surface area contributed by atoms with Gasteiger partial charge in [0.05, 0.1) is 4.90 Å². The highest BCUT2D eigenvalue weighted by molar-refractivity contribution is 7.89. The van der Waals surface area contributed by atoms with Gasteiger partial charge in [0.25, 0.3) is 5.91 Å². The van der Waals surface area contributed by atoms with Crippen LogP contribution in [-0.4, -0.2) is 42.3 Å². The molecule has 1 unspecified atom stereocenters. The fraction of sp³-hybridized carbons (Fsp3) is 0.455. The van der Waals surface area contributed by atoms with Gasteiger partial charge in [0.2, 0.25) is 15.9 Å². The molecule has 1 atom stereocenters. The van der Waals surface area contributed by atoms with Crippen LogP contribution >= 0.6 is 0 Å². The zero-order valence-corrected chi connectivity index (χ0v) is 19.4. The summed E-state index contributed by atoms with van der Waals surface area (Å²) in [4.78, 5) is 23.7. The first-order valence-corrected chi connectivity index (χ1v) is 11.7. The lowest BCUT2D eigenvalue weighted by atomic mass is 10.0. The van der Waals surface area contributed by atoms with Crippen molar-refractivity contribution in [2.24, 2.45) is 11.8 Å². The molecule has 0 radical (unpaired) electrons. The number of anilines is 1. The van der Waals surface area contributed by atoms with Crippen LogP contribution in [0.2, 0.25) is 0 Å². The Morgan fingerprint density at radius 3 is 2.19 bits per heavy atom. The molecule has 2 amide bonds. The van der Waals surface area contributed by atoms with Gasteiger partial charge in [0.1, 0.15) is 6.04 Å². The average molecular weight is 450 g/mol. The minimum atomic E-state index is -4.03. The second-order valence-corrected chi connectivity index (χ2v) is 10.3. The van der Waals surface area contributed by atoms with Crippen LogP contribution in [-0.2, 0) is 19.6 Å². The smallest absolute Gasteiger partial charge is 0.262 e. The predicted octanol–water partition coefficient (Wildman–Crippen LogP) is 3.37. The third kappa shape index (κ3) is 6.03. The van der Waals surface area contributed by atoms with E-state index in [9.17, 15) is 23.2 Å². The summed E-state index contributed by atoms with van der Waals surface area (Å²) in [6, 6.07) is 8.87. The fourth-order valence-corrected chi connectivity index (χ4v) is 5.20. The van der Waals surface area contributed by atoms with Gasteiger partial charge in [0.15, 0.2) is 0 Å². The Balaban J connectivity index is 2.52. The van der Waals surface area contributed by atoms with E-state index < -0.39 is 22.0 Å². The highest BCUT2D eigenvalue weighted by Crippen LogP contribution is 2.27. The van der Waals surface area contributed by atoms with Crippen molar-refractivity contribution in [1.29, 1.82) is 0 Å². The Kier molecular flexibility index (Phi) is 8.16. The van der Waals surface area contributed by atoms with Gasteiger partial charge in [-0.15, -0.1) is 0 Å². The van der Waals surface area contributed by atoms with E-state index in [1.165, 1.54) is 17.3 Å². The first-order chi connectivity index (χ1) is 14.5. The topological polar surface area (TPSA) is 116 Å². The van der Waals surface area contributed by atoms with Crippen molar-refractivity contribution in [3.05, 3.63) is 36.4 Å². The highest BCUT2D eigenvalue weighted by Gasteiger charge is 2.37. The summed E-state index contributed by atoms with van der Waals surface area (Å²) in [7, 11) is -4.03. The number of carbonyl (C=O) groups excluding carboxylic acids is 2. The van der Waals surface area contributed by atoms with Gasteiger partial charge in [-0.1, -0.05) is 39.8 Å². The Bertz CT molecular complexity index is 1050. The second kappa shape index (κ2) is 10.2. The molecule has 2 aromatic carbocycles. The van der Waals surface area contributed by atoms with Crippen LogP contribution in [0.1, 0.15) is 41.0 Å². The number of carbonyl (C=O) groups is 2. The molecule has 0 fully saturated rings. The molecule has 0 heterocycles. The number of amides is 2. The van der Waals surface area contributed by atoms with Crippen LogP contribution in [0.15, 0.2) is 41.3 Å². The normalized spacial score (nSPS) is 13.1. The monoisotopic (exact) mass is 449 g/mol. The minimum absolute atomic E-state index is 0.0624. The molecule has 0 aliphatic rings. The number of hydrogen-bond donors (Lipinski definition) is 3. The van der Waals surface area contributed by atoms with Gasteiger partial charge < -0.3 is 5.32 Å². The van der Waals surface area contributed by atoms with E-state index in [-0.39, 0.29) is 29.2 Å². The third-order valence-electron chi connectivity index (χ3n) is 4.99. The van der Waals surface area contributed by atoms with Crippen LogP contribution in [0.5, 0.6) is 0 Å². The van der Waals surface area contributed by atoms with E-state index >= 15 is 0 Å². The Morgan fingerprint density at radius 2 is 1.65 bits per heavy atom. The number of benzene rings is 2. The van der Waals surface area contributed by atoms with Crippen molar-refractivity contribution in [3.63, 3.8) is 0 Å². The quantitative estimate of drug-likeness (QED) is 0.401. The predicted molar refractivity (Wildman–Crippen MR) is 120 cm³/mol. The van der Waals surface area contributed by atoms with Crippen molar-refractivity contribution >= 4 is 38.3 Å². The van der Waals surface area contributed by atoms with Crippen LogP contribution in [0.25, 0.3) is 10.8 Å². The Labute approximate surface area is 183 Å². The molecular weight excluding hydrogens is 418 g/mol. The first kappa shape index (κ1) is 24.8. The van der Waals surface area contributed by atoms with Crippen molar-refractivity contribution in [2.75, 3.05) is 11.9 Å². The lowest BCUT2D eigenvalue weighted by Crippen LogP contribution is -2.52. The molecule has 2 aromatic rings. The van der Waals surface area contributed by atoms with E-state index in [0.717, 1.165) is 5.39 Å². The molecule has 0 aliphatic heterocycles. The van der Waals surface area contributed by atoms with Gasteiger partial charge >= 0.3 is 0 Å². The summed E-state index contributed by atoms with van der Waals surface area (Å²) < 4.78 is 28.3. The summed E-state index contributed by atoms with van der Waals surface area (Å²) in [5.41, 5.74) is 2.23. The molecule has 0 bridgehead atoms. The summed E-state index contributed by atoms with van der Waals surface area (Å²) in [6.45, 7) is 8.99. The van der Waals surface area contributed by atoms with Gasteiger partial charge in [-0.05, 0) is 53.3 Å². The van der Waals surface area contributed by atoms with Crippen LogP contribution < -0.4 is 10.8 Å². The number of sulfonamides is 1. The molecule has 9 heteroatoms. The van der Waals surface area contributed by atoms with Gasteiger partial charge in [-0.3, -0.25) is 14.8 Å². The average Bonchev–Trinajstić information content (AvgIpc) is 2.68. The zero-order chi connectivity index (χ0) is 23.3. The number of hydrogen-bond acceptors (Lipinski definition) is 5. The summed E-state index contributed by atoms with van der Waals surface area (Å²) in [5, 5.41) is 13.4. The molecule has 0 saturated carbocycles. The number of nitrogens with one attached hydrogen (secondary N) is 2. The zero-order valence-electron chi connectivity index (χ0n) is 18.5. The van der Waals surface area contributed by atoms with Crippen LogP contribution in [0.4, 0.5) is 5.69 Å². The molecule has 0 aromatic heterocycles. The largest absolute Gasteiger partial charge is 0.326 e. The second-order valence-electron chi connectivity index (χ2n) is 8.37. The number of nitrogens with zero attached hydrogens (tertiary/aromatic N) is 1. The number of fused-ring (bicyclic) bond motifs is 1. The van der Waals surface area contributed by atoms with Crippen molar-refractivity contribution in [2.45, 2.75) is 52.0 Å². The SMILES string of the molecule is CC(=O)Nc1ccc2cc(S(=O)(=O)N(CCC(C)C)C(C(=O)NO)C(C)C)ccc2c1. The van der Waals surface area contributed by atoms with E-state index in [1.807, 2.05) is 13.8 Å². The van der Waals surface area contributed by atoms with Crippen LogP contribution in [0, 0.1) is 11.8 Å². The molecule has 0 aliphatic carbocycles. The maximum atomic E-state index is 13.6. The van der Waals surface area contributed by atoms with Crippen molar-refractivity contribution in [3.8, 4) is 0 Å². The van der Waals surface area contributed by atoms with Gasteiger partial charge in [-0.25, -0.2) is 13.9 Å². The van der Waals surface area contributed by atoms with E-state index in [4.69, 9.17) is 0 Å². The molecule has 3 N–H and O–H groups in total.